The number of rotatable bonds is 55. The van der Waals surface area contributed by atoms with Crippen molar-refractivity contribution >= 4 is 5.91 Å². The van der Waals surface area contributed by atoms with E-state index in [-0.39, 0.29) is 18.9 Å². The van der Waals surface area contributed by atoms with Gasteiger partial charge in [-0.1, -0.05) is 242 Å². The number of nitrogens with one attached hydrogen (secondary N) is 1. The molecule has 3 saturated heterocycles. The van der Waals surface area contributed by atoms with E-state index in [1.165, 1.54) is 167 Å². The minimum Gasteiger partial charge on any atom is -0.394 e. The topological polar surface area (TPSA) is 307 Å². The second kappa shape index (κ2) is 53.0. The quantitative estimate of drug-likeness (QED) is 0.0199. The van der Waals surface area contributed by atoms with Crippen molar-refractivity contribution in [2.75, 3.05) is 26.4 Å². The third-order valence-corrected chi connectivity index (χ3v) is 17.8. The first-order valence-corrected chi connectivity index (χ1v) is 35.9. The van der Waals surface area contributed by atoms with E-state index in [9.17, 15) is 61.0 Å². The molecule has 3 rings (SSSR count). The van der Waals surface area contributed by atoms with Gasteiger partial charge in [0, 0.05) is 6.42 Å². The monoisotopic (exact) mass is 1280 g/mol. The zero-order valence-electron chi connectivity index (χ0n) is 55.6. The van der Waals surface area contributed by atoms with E-state index in [1.54, 1.807) is 6.08 Å². The van der Waals surface area contributed by atoms with Crippen LogP contribution in [-0.2, 0) is 33.2 Å². The molecule has 3 heterocycles. The zero-order valence-corrected chi connectivity index (χ0v) is 55.6. The van der Waals surface area contributed by atoms with Crippen molar-refractivity contribution in [2.45, 2.75) is 369 Å². The van der Waals surface area contributed by atoms with Crippen molar-refractivity contribution in [2.24, 2.45) is 0 Å². The fraction of sp³-hybridized carbons (Fsp3) is 0.873. The number of hydrogen-bond acceptors (Lipinski definition) is 18. The predicted octanol–water partition coefficient (Wildman–Crippen LogP) is 9.78. The molecule has 0 aliphatic carbocycles. The number of aliphatic hydroxyl groups excluding tert-OH is 11. The van der Waals surface area contributed by atoms with Crippen molar-refractivity contribution in [3.8, 4) is 0 Å². The molecule has 90 heavy (non-hydrogen) atoms. The highest BCUT2D eigenvalue weighted by Gasteiger charge is 2.53. The smallest absolute Gasteiger partial charge is 0.220 e. The van der Waals surface area contributed by atoms with E-state index in [4.69, 9.17) is 28.4 Å². The molecule has 3 fully saturated rings. The summed E-state index contributed by atoms with van der Waals surface area (Å²) >= 11 is 0. The van der Waals surface area contributed by atoms with E-state index < -0.39 is 124 Å². The van der Waals surface area contributed by atoms with Crippen LogP contribution in [0.1, 0.15) is 264 Å². The number of aliphatic hydroxyl groups is 11. The molecule has 17 atom stereocenters. The molecule has 0 radical (unpaired) electrons. The van der Waals surface area contributed by atoms with Gasteiger partial charge in [0.1, 0.15) is 73.2 Å². The molecular formula is C71H129NO18. The highest BCUT2D eigenvalue weighted by molar-refractivity contribution is 5.76. The molecule has 12 N–H and O–H groups in total. The van der Waals surface area contributed by atoms with Crippen LogP contribution in [0.2, 0.25) is 0 Å². The maximum absolute atomic E-state index is 13.4. The first kappa shape index (κ1) is 82.0. The summed E-state index contributed by atoms with van der Waals surface area (Å²) in [5, 5.41) is 120. The first-order chi connectivity index (χ1) is 43.8. The van der Waals surface area contributed by atoms with Crippen molar-refractivity contribution in [1.82, 2.24) is 5.32 Å². The Morgan fingerprint density at radius 3 is 1.20 bits per heavy atom. The maximum atomic E-state index is 13.4. The summed E-state index contributed by atoms with van der Waals surface area (Å²) in [6, 6.07) is -0.999. The van der Waals surface area contributed by atoms with Crippen LogP contribution in [0.4, 0.5) is 0 Å². The average molecular weight is 1280 g/mol. The number of amides is 1. The highest BCUT2D eigenvalue weighted by atomic mass is 16.8. The second-order valence-electron chi connectivity index (χ2n) is 25.7. The van der Waals surface area contributed by atoms with E-state index in [2.05, 4.69) is 55.6 Å². The summed E-state index contributed by atoms with van der Waals surface area (Å²) in [6.45, 7) is 1.69. The van der Waals surface area contributed by atoms with E-state index in [0.717, 1.165) is 64.2 Å². The Hall–Kier alpha value is -2.25. The van der Waals surface area contributed by atoms with Crippen molar-refractivity contribution < 1.29 is 89.4 Å². The summed E-state index contributed by atoms with van der Waals surface area (Å²) < 4.78 is 34.3. The fourth-order valence-corrected chi connectivity index (χ4v) is 12.0. The Morgan fingerprint density at radius 2 is 0.744 bits per heavy atom. The summed E-state index contributed by atoms with van der Waals surface area (Å²) in [6.07, 6.45) is 36.8. The molecule has 0 aromatic carbocycles. The zero-order chi connectivity index (χ0) is 65.4. The molecule has 0 bridgehead atoms. The van der Waals surface area contributed by atoms with Crippen molar-refractivity contribution in [3.63, 3.8) is 0 Å². The van der Waals surface area contributed by atoms with Gasteiger partial charge in [-0.3, -0.25) is 4.79 Å². The summed E-state index contributed by atoms with van der Waals surface area (Å²) in [5.74, 6) is -0.299. The number of ether oxygens (including phenoxy) is 6. The van der Waals surface area contributed by atoms with Crippen LogP contribution in [0.25, 0.3) is 0 Å². The van der Waals surface area contributed by atoms with Gasteiger partial charge in [-0.05, 0) is 64.2 Å². The molecule has 0 spiro atoms. The Balaban J connectivity index is 1.41. The number of unbranched alkanes of at least 4 members (excludes halogenated alkanes) is 33. The Morgan fingerprint density at radius 1 is 0.400 bits per heavy atom. The molecule has 526 valence electrons. The van der Waals surface area contributed by atoms with E-state index >= 15 is 0 Å². The van der Waals surface area contributed by atoms with Crippen LogP contribution in [0.15, 0.2) is 48.6 Å². The van der Waals surface area contributed by atoms with E-state index in [1.807, 2.05) is 6.08 Å². The summed E-state index contributed by atoms with van der Waals surface area (Å²) in [5.41, 5.74) is 0. The van der Waals surface area contributed by atoms with Gasteiger partial charge in [-0.25, -0.2) is 0 Å². The van der Waals surface area contributed by atoms with Crippen molar-refractivity contribution in [1.29, 1.82) is 0 Å². The largest absolute Gasteiger partial charge is 0.394 e. The molecule has 0 aromatic heterocycles. The fourth-order valence-electron chi connectivity index (χ4n) is 12.0. The lowest BCUT2D eigenvalue weighted by Gasteiger charge is -2.48. The first-order valence-electron chi connectivity index (χ1n) is 35.9. The number of allylic oxidation sites excluding steroid dienone is 7. The van der Waals surface area contributed by atoms with Crippen LogP contribution in [0, 0.1) is 0 Å². The Kier molecular flexibility index (Phi) is 48.2. The molecule has 3 aliphatic rings. The Labute approximate surface area is 542 Å². The minimum atomic E-state index is -1.98. The van der Waals surface area contributed by atoms with Crippen LogP contribution < -0.4 is 5.32 Å². The van der Waals surface area contributed by atoms with Gasteiger partial charge in [-0.2, -0.15) is 0 Å². The van der Waals surface area contributed by atoms with Gasteiger partial charge in [0.15, 0.2) is 18.9 Å². The van der Waals surface area contributed by atoms with Gasteiger partial charge in [0.05, 0.1) is 38.6 Å². The Bertz CT molecular complexity index is 1820. The molecule has 0 aromatic rings. The predicted molar refractivity (Wildman–Crippen MR) is 351 cm³/mol. The standard InChI is InChI=1S/C71H129NO18/c1-3-5-7-9-11-13-15-17-19-20-21-22-23-24-25-26-27-28-29-30-31-32-33-35-36-38-40-42-44-46-48-55(76)54(72-59(77)49-47-45-43-41-39-37-34-18-16-14-12-10-8-6-4-2)53-85-69-65(83)62(80)67(57(51-74)87-69)90-71-66(84)63(81)68(58(52-75)88-71)89-70-64(82)61(79)60(78)56(50-73)86-70/h12,14,18,34,38,40,46,48,54-58,60-71,73-76,78-84H,3-11,13,15-17,19-33,35-37,39,41-45,47,49-53H2,1-2H3,(H,72,77)/b14-12-,34-18-,40-38+,48-46+. The van der Waals surface area contributed by atoms with Crippen LogP contribution in [0.5, 0.6) is 0 Å². The lowest BCUT2D eigenvalue weighted by molar-refractivity contribution is -0.379. The maximum Gasteiger partial charge on any atom is 0.220 e. The van der Waals surface area contributed by atoms with Crippen LogP contribution >= 0.6 is 0 Å². The van der Waals surface area contributed by atoms with Crippen LogP contribution in [-0.4, -0.2) is 193 Å². The number of carbonyl (C=O) groups is 1. The van der Waals surface area contributed by atoms with Gasteiger partial charge in [0.25, 0.3) is 0 Å². The lowest BCUT2D eigenvalue weighted by Crippen LogP contribution is -2.66. The van der Waals surface area contributed by atoms with Crippen LogP contribution in [0.3, 0.4) is 0 Å². The third kappa shape index (κ3) is 34.4. The molecule has 19 nitrogen and oxygen atoms in total. The minimum absolute atomic E-state index is 0.219. The number of carbonyl (C=O) groups excluding carboxylic acids is 1. The SMILES string of the molecule is CCCCC/C=C\C/C=C\CCCCCCCC(=O)NC(COC1OC(CO)C(OC2OC(CO)C(OC3OC(CO)C(O)C(O)C3O)C(O)C2O)C(O)C1O)C(O)/C=C/CC/C=C/CCCCCCCCCCCCCCCCCCCCCCCCCC. The molecule has 3 aliphatic heterocycles. The van der Waals surface area contributed by atoms with Gasteiger partial charge in [0.2, 0.25) is 5.91 Å². The highest BCUT2D eigenvalue weighted by Crippen LogP contribution is 2.33. The molecule has 1 amide bonds. The van der Waals surface area contributed by atoms with Gasteiger partial charge >= 0.3 is 0 Å². The lowest BCUT2D eigenvalue weighted by atomic mass is 9.96. The molecular weight excluding hydrogens is 1150 g/mol. The van der Waals surface area contributed by atoms with Gasteiger partial charge in [-0.15, -0.1) is 0 Å². The summed E-state index contributed by atoms with van der Waals surface area (Å²) in [7, 11) is 0. The third-order valence-electron chi connectivity index (χ3n) is 17.8. The normalized spacial score (nSPS) is 28.3. The molecule has 19 heteroatoms. The molecule has 17 unspecified atom stereocenters. The van der Waals surface area contributed by atoms with Crippen molar-refractivity contribution in [3.05, 3.63) is 48.6 Å². The summed E-state index contributed by atoms with van der Waals surface area (Å²) in [4.78, 5) is 13.4. The van der Waals surface area contributed by atoms with Gasteiger partial charge < -0.3 is 89.9 Å². The number of hydrogen-bond donors (Lipinski definition) is 12. The molecule has 0 saturated carbocycles. The second-order valence-corrected chi connectivity index (χ2v) is 25.7. The van der Waals surface area contributed by atoms with E-state index in [0.29, 0.717) is 12.8 Å². The average Bonchev–Trinajstić information content (AvgIpc) is 0.866.